The van der Waals surface area contributed by atoms with E-state index in [9.17, 15) is 22.8 Å². The maximum absolute atomic E-state index is 12.9. The zero-order valence-electron chi connectivity index (χ0n) is 27.9. The van der Waals surface area contributed by atoms with Gasteiger partial charge < -0.3 is 39.4 Å². The molecule has 0 saturated carbocycles. The van der Waals surface area contributed by atoms with E-state index in [1.807, 2.05) is 0 Å². The predicted molar refractivity (Wildman–Crippen MR) is 183 cm³/mol. The quantitative estimate of drug-likeness (QED) is 0.0932. The number of amides is 2. The Hall–Kier alpha value is -4.61. The van der Waals surface area contributed by atoms with Crippen molar-refractivity contribution in [2.45, 2.75) is 24.7 Å². The molecule has 0 aliphatic heterocycles. The lowest BCUT2D eigenvalue weighted by atomic mass is 10.1. The molecular weight excluding hydrogens is 672 g/mol. The molecule has 15 nitrogen and oxygen atoms in total. The van der Waals surface area contributed by atoms with Crippen molar-refractivity contribution in [2.24, 2.45) is 0 Å². The Balaban J connectivity index is 1.24. The molecule has 3 rings (SSSR count). The summed E-state index contributed by atoms with van der Waals surface area (Å²) in [5.74, 6) is -1.17. The summed E-state index contributed by atoms with van der Waals surface area (Å²) < 4.78 is 54.5. The first kappa shape index (κ1) is 39.8. The standard InChI is InChI=1S/C34H44N4O11S/c1-2-26-3-5-27(6-4-26)13-16-49-29-8-10-30(11-9-29)50(43,44)38-31-12-7-28(23-37-31)34(42)36-15-18-46-19-21-47-24-32(39)35-14-17-45-20-22-48-25-33(40)41/h3-12,23H,2,13-22,24-25H2,1H3,(H,35,39)(H,36,42)(H,37,38)(H,40,41). The molecule has 3 aromatic rings. The number of nitrogens with zero attached hydrogens (tertiary/aromatic N) is 1. The molecule has 272 valence electrons. The van der Waals surface area contributed by atoms with E-state index in [2.05, 4.69) is 51.5 Å². The molecule has 50 heavy (non-hydrogen) atoms. The normalized spacial score (nSPS) is 11.1. The van der Waals surface area contributed by atoms with Gasteiger partial charge in [0.1, 0.15) is 24.8 Å². The lowest BCUT2D eigenvalue weighted by Gasteiger charge is -2.10. The molecule has 0 spiro atoms. The van der Waals surface area contributed by atoms with E-state index < -0.39 is 21.9 Å². The fraction of sp³-hybridized carbons (Fsp3) is 0.412. The summed E-state index contributed by atoms with van der Waals surface area (Å²) in [4.78, 5) is 38.6. The number of benzene rings is 2. The number of aromatic nitrogens is 1. The highest BCUT2D eigenvalue weighted by Crippen LogP contribution is 2.19. The first-order valence-electron chi connectivity index (χ1n) is 16.0. The van der Waals surface area contributed by atoms with Crippen LogP contribution in [0, 0.1) is 0 Å². The van der Waals surface area contributed by atoms with Gasteiger partial charge in [0.2, 0.25) is 5.91 Å². The molecular formula is C34H44N4O11S. The van der Waals surface area contributed by atoms with Gasteiger partial charge in [0.15, 0.2) is 0 Å². The van der Waals surface area contributed by atoms with Gasteiger partial charge in [-0.2, -0.15) is 0 Å². The zero-order chi connectivity index (χ0) is 36.0. The second-order valence-corrected chi connectivity index (χ2v) is 12.3. The minimum Gasteiger partial charge on any atom is -0.493 e. The number of carbonyl (C=O) groups is 3. The van der Waals surface area contributed by atoms with Crippen molar-refractivity contribution in [3.8, 4) is 5.75 Å². The van der Waals surface area contributed by atoms with E-state index in [1.54, 1.807) is 12.1 Å². The van der Waals surface area contributed by atoms with E-state index >= 15 is 0 Å². The number of rotatable bonds is 25. The Morgan fingerprint density at radius 2 is 1.34 bits per heavy atom. The van der Waals surface area contributed by atoms with Gasteiger partial charge in [-0.25, -0.2) is 18.2 Å². The molecule has 1 heterocycles. The lowest BCUT2D eigenvalue weighted by Crippen LogP contribution is -2.31. The van der Waals surface area contributed by atoms with Crippen molar-refractivity contribution in [3.63, 3.8) is 0 Å². The van der Waals surface area contributed by atoms with Crippen molar-refractivity contribution in [1.29, 1.82) is 0 Å². The molecule has 0 radical (unpaired) electrons. The summed E-state index contributed by atoms with van der Waals surface area (Å²) in [6.45, 7) is 3.71. The Labute approximate surface area is 291 Å². The van der Waals surface area contributed by atoms with Gasteiger partial charge in [0.25, 0.3) is 15.9 Å². The average Bonchev–Trinajstić information content (AvgIpc) is 3.11. The molecule has 0 bridgehead atoms. The van der Waals surface area contributed by atoms with E-state index in [4.69, 9.17) is 28.8 Å². The fourth-order valence-electron chi connectivity index (χ4n) is 4.15. The van der Waals surface area contributed by atoms with E-state index in [0.717, 1.165) is 18.4 Å². The summed E-state index contributed by atoms with van der Waals surface area (Å²) in [5, 5.41) is 13.7. The minimum atomic E-state index is -3.92. The van der Waals surface area contributed by atoms with Crippen LogP contribution in [0.1, 0.15) is 28.4 Å². The van der Waals surface area contributed by atoms with Gasteiger partial charge in [-0.3, -0.25) is 14.3 Å². The summed E-state index contributed by atoms with van der Waals surface area (Å²) in [5.41, 5.74) is 2.68. The van der Waals surface area contributed by atoms with Crippen LogP contribution >= 0.6 is 0 Å². The lowest BCUT2D eigenvalue weighted by molar-refractivity contribution is -0.142. The largest absolute Gasteiger partial charge is 0.493 e. The van der Waals surface area contributed by atoms with Crippen LogP contribution in [0.3, 0.4) is 0 Å². The number of nitrogens with one attached hydrogen (secondary N) is 3. The Morgan fingerprint density at radius 1 is 0.720 bits per heavy atom. The monoisotopic (exact) mass is 716 g/mol. The molecule has 0 saturated heterocycles. The highest BCUT2D eigenvalue weighted by Gasteiger charge is 2.16. The number of hydrogen-bond donors (Lipinski definition) is 4. The number of aliphatic carboxylic acids is 1. The summed E-state index contributed by atoms with van der Waals surface area (Å²) >= 11 is 0. The SMILES string of the molecule is CCc1ccc(CCOc2ccc(S(=O)(=O)Nc3ccc(C(=O)NCCOCCOCC(=O)NCCOCCOCC(=O)O)cn3)cc2)cc1. The fourth-order valence-corrected chi connectivity index (χ4v) is 5.15. The maximum atomic E-state index is 12.9. The summed E-state index contributed by atoms with van der Waals surface area (Å²) in [6.07, 6.45) is 2.99. The van der Waals surface area contributed by atoms with Gasteiger partial charge >= 0.3 is 5.97 Å². The first-order valence-corrected chi connectivity index (χ1v) is 17.5. The third-order valence-corrected chi connectivity index (χ3v) is 8.16. The van der Waals surface area contributed by atoms with Gasteiger partial charge in [0.05, 0.1) is 56.7 Å². The molecule has 0 unspecified atom stereocenters. The van der Waals surface area contributed by atoms with Crippen LogP contribution in [0.4, 0.5) is 5.82 Å². The van der Waals surface area contributed by atoms with E-state index in [0.29, 0.717) is 12.4 Å². The highest BCUT2D eigenvalue weighted by atomic mass is 32.2. The Bertz CT molecular complexity index is 1570. The van der Waals surface area contributed by atoms with Crippen molar-refractivity contribution in [2.75, 3.05) is 77.3 Å². The maximum Gasteiger partial charge on any atom is 0.329 e. The number of carboxylic acids is 1. The molecule has 0 aliphatic rings. The number of ether oxygens (including phenoxy) is 5. The molecule has 0 aliphatic carbocycles. The third-order valence-electron chi connectivity index (χ3n) is 6.79. The predicted octanol–water partition coefficient (Wildman–Crippen LogP) is 2.06. The van der Waals surface area contributed by atoms with Crippen LogP contribution < -0.4 is 20.1 Å². The smallest absolute Gasteiger partial charge is 0.329 e. The topological polar surface area (TPSA) is 201 Å². The highest BCUT2D eigenvalue weighted by molar-refractivity contribution is 7.92. The van der Waals surface area contributed by atoms with Crippen LogP contribution in [-0.2, 0) is 51.4 Å². The number of pyridine rings is 1. The summed E-state index contributed by atoms with van der Waals surface area (Å²) in [7, 11) is -3.92. The van der Waals surface area contributed by atoms with Crippen LogP contribution in [-0.4, -0.2) is 109 Å². The van der Waals surface area contributed by atoms with Gasteiger partial charge in [0, 0.05) is 25.7 Å². The zero-order valence-corrected chi connectivity index (χ0v) is 28.7. The van der Waals surface area contributed by atoms with Crippen molar-refractivity contribution >= 4 is 33.6 Å². The molecule has 2 amide bonds. The van der Waals surface area contributed by atoms with Crippen LogP contribution in [0.5, 0.6) is 5.75 Å². The molecule has 4 N–H and O–H groups in total. The van der Waals surface area contributed by atoms with Crippen LogP contribution in [0.25, 0.3) is 0 Å². The minimum absolute atomic E-state index is 0.0401. The second kappa shape index (κ2) is 22.2. The van der Waals surface area contributed by atoms with Gasteiger partial charge in [-0.05, 0) is 53.9 Å². The molecule has 1 aromatic heterocycles. The molecule has 2 aromatic carbocycles. The number of carbonyl (C=O) groups excluding carboxylic acids is 2. The van der Waals surface area contributed by atoms with E-state index in [-0.39, 0.29) is 88.1 Å². The van der Waals surface area contributed by atoms with Crippen LogP contribution in [0.15, 0.2) is 71.8 Å². The summed E-state index contributed by atoms with van der Waals surface area (Å²) in [6, 6.07) is 17.3. The van der Waals surface area contributed by atoms with Gasteiger partial charge in [-0.15, -0.1) is 0 Å². The second-order valence-electron chi connectivity index (χ2n) is 10.6. The van der Waals surface area contributed by atoms with Crippen molar-refractivity contribution in [3.05, 3.63) is 83.6 Å². The number of anilines is 1. The molecule has 16 heteroatoms. The number of sulfonamides is 1. The molecule has 0 atom stereocenters. The van der Waals surface area contributed by atoms with Crippen molar-refractivity contribution < 1.29 is 51.6 Å². The molecule has 0 fully saturated rings. The van der Waals surface area contributed by atoms with Gasteiger partial charge in [-0.1, -0.05) is 31.2 Å². The van der Waals surface area contributed by atoms with E-state index in [1.165, 1.54) is 36.0 Å². The van der Waals surface area contributed by atoms with Crippen molar-refractivity contribution in [1.82, 2.24) is 15.6 Å². The Kier molecular flexibility index (Phi) is 17.7. The number of carboxylic acid groups (broad SMARTS) is 1. The van der Waals surface area contributed by atoms with Crippen LogP contribution in [0.2, 0.25) is 0 Å². The number of hydrogen-bond acceptors (Lipinski definition) is 11. The Morgan fingerprint density at radius 3 is 1.96 bits per heavy atom. The average molecular weight is 717 g/mol. The number of aryl methyl sites for hydroxylation is 1. The first-order chi connectivity index (χ1) is 24.2. The third kappa shape index (κ3) is 15.7.